The standard InChI is InChI=1S/C20H26N2OS/c1-2-4-16(5-3-1)12-18-13-22(14-20-21-9-11-24-20)10-8-19(18)23-15-17-6-7-17/h1-5,9,11,17-19H,6-8,10,12-15H2/t18-,19+/m0/s1. The molecule has 1 saturated carbocycles. The molecular weight excluding hydrogens is 316 g/mol. The molecule has 0 bridgehead atoms. The first-order chi connectivity index (χ1) is 11.9. The summed E-state index contributed by atoms with van der Waals surface area (Å²) in [6.45, 7) is 4.20. The number of ether oxygens (including phenoxy) is 1. The molecule has 3 nitrogen and oxygen atoms in total. The van der Waals surface area contributed by atoms with Gasteiger partial charge in [0, 0.05) is 37.2 Å². The molecule has 4 heteroatoms. The summed E-state index contributed by atoms with van der Waals surface area (Å²) in [6.07, 6.45) is 7.32. The van der Waals surface area contributed by atoms with Gasteiger partial charge in [0.15, 0.2) is 0 Å². The third kappa shape index (κ3) is 4.44. The highest BCUT2D eigenvalue weighted by atomic mass is 32.1. The van der Waals surface area contributed by atoms with Crippen molar-refractivity contribution in [3.8, 4) is 0 Å². The van der Waals surface area contributed by atoms with E-state index in [1.54, 1.807) is 11.3 Å². The number of aromatic nitrogens is 1. The van der Waals surface area contributed by atoms with Crippen molar-refractivity contribution in [2.45, 2.75) is 38.3 Å². The average Bonchev–Trinajstić information content (AvgIpc) is 3.30. The van der Waals surface area contributed by atoms with Crippen molar-refractivity contribution in [3.05, 3.63) is 52.5 Å². The first-order valence-electron chi connectivity index (χ1n) is 9.13. The molecule has 0 spiro atoms. The lowest BCUT2D eigenvalue weighted by atomic mass is 9.88. The molecule has 1 aromatic carbocycles. The number of hydrogen-bond acceptors (Lipinski definition) is 4. The summed E-state index contributed by atoms with van der Waals surface area (Å²) in [7, 11) is 0. The van der Waals surface area contributed by atoms with Crippen LogP contribution in [0.1, 0.15) is 29.8 Å². The van der Waals surface area contributed by atoms with Crippen molar-refractivity contribution < 1.29 is 4.74 Å². The molecule has 0 unspecified atom stereocenters. The van der Waals surface area contributed by atoms with Gasteiger partial charge in [-0.2, -0.15) is 0 Å². The molecule has 2 heterocycles. The van der Waals surface area contributed by atoms with Crippen LogP contribution in [-0.4, -0.2) is 35.7 Å². The van der Waals surface area contributed by atoms with E-state index in [-0.39, 0.29) is 0 Å². The predicted octanol–water partition coefficient (Wildman–Crippen LogP) is 4.00. The van der Waals surface area contributed by atoms with Gasteiger partial charge in [-0.15, -0.1) is 11.3 Å². The zero-order chi connectivity index (χ0) is 16.2. The predicted molar refractivity (Wildman–Crippen MR) is 98.1 cm³/mol. The number of rotatable bonds is 7. The smallest absolute Gasteiger partial charge is 0.107 e. The van der Waals surface area contributed by atoms with Crippen LogP contribution in [-0.2, 0) is 17.7 Å². The molecule has 24 heavy (non-hydrogen) atoms. The molecule has 2 atom stereocenters. The first-order valence-corrected chi connectivity index (χ1v) is 10.0. The fraction of sp³-hybridized carbons (Fsp3) is 0.550. The Balaban J connectivity index is 1.40. The molecule has 4 rings (SSSR count). The Hall–Kier alpha value is -1.23. The van der Waals surface area contributed by atoms with Crippen LogP contribution in [0.3, 0.4) is 0 Å². The third-order valence-electron chi connectivity index (χ3n) is 5.17. The van der Waals surface area contributed by atoms with Gasteiger partial charge < -0.3 is 4.74 Å². The Morgan fingerprint density at radius 2 is 2.04 bits per heavy atom. The van der Waals surface area contributed by atoms with E-state index in [1.165, 1.54) is 23.4 Å². The molecule has 128 valence electrons. The zero-order valence-corrected chi connectivity index (χ0v) is 15.0. The molecule has 1 aliphatic carbocycles. The minimum Gasteiger partial charge on any atom is -0.378 e. The minimum atomic E-state index is 0.415. The van der Waals surface area contributed by atoms with Crippen molar-refractivity contribution in [3.63, 3.8) is 0 Å². The number of thiazole rings is 1. The summed E-state index contributed by atoms with van der Waals surface area (Å²) < 4.78 is 6.34. The van der Waals surface area contributed by atoms with Gasteiger partial charge in [0.05, 0.1) is 12.6 Å². The maximum Gasteiger partial charge on any atom is 0.107 e. The molecule has 2 fully saturated rings. The fourth-order valence-electron chi connectivity index (χ4n) is 3.63. The van der Waals surface area contributed by atoms with E-state index in [0.29, 0.717) is 12.0 Å². The summed E-state index contributed by atoms with van der Waals surface area (Å²) >= 11 is 1.76. The van der Waals surface area contributed by atoms with Crippen molar-refractivity contribution in [1.29, 1.82) is 0 Å². The van der Waals surface area contributed by atoms with Crippen molar-refractivity contribution in [2.24, 2.45) is 11.8 Å². The Morgan fingerprint density at radius 1 is 1.17 bits per heavy atom. The van der Waals surface area contributed by atoms with Crippen LogP contribution >= 0.6 is 11.3 Å². The second-order valence-corrected chi connectivity index (χ2v) is 8.19. The van der Waals surface area contributed by atoms with Crippen LogP contribution < -0.4 is 0 Å². The van der Waals surface area contributed by atoms with Crippen molar-refractivity contribution in [2.75, 3.05) is 19.7 Å². The van der Waals surface area contributed by atoms with Gasteiger partial charge in [-0.1, -0.05) is 30.3 Å². The molecule has 1 aliphatic heterocycles. The summed E-state index contributed by atoms with van der Waals surface area (Å²) in [5, 5.41) is 3.30. The summed E-state index contributed by atoms with van der Waals surface area (Å²) in [4.78, 5) is 7.01. The molecule has 0 amide bonds. The SMILES string of the molecule is c1ccc(C[C@H]2CN(Cc3nccs3)CC[C@H]2OCC2CC2)cc1. The number of nitrogens with zero attached hydrogens (tertiary/aromatic N) is 2. The maximum atomic E-state index is 6.34. The Morgan fingerprint density at radius 3 is 2.79 bits per heavy atom. The molecule has 0 radical (unpaired) electrons. The number of likely N-dealkylation sites (tertiary alicyclic amines) is 1. The van der Waals surface area contributed by atoms with Gasteiger partial charge in [-0.3, -0.25) is 4.90 Å². The topological polar surface area (TPSA) is 25.4 Å². The molecular formula is C20H26N2OS. The molecule has 0 N–H and O–H groups in total. The van der Waals surface area contributed by atoms with Crippen molar-refractivity contribution in [1.82, 2.24) is 9.88 Å². The fourth-order valence-corrected chi connectivity index (χ4v) is 4.29. The maximum absolute atomic E-state index is 6.34. The van der Waals surface area contributed by atoms with Gasteiger partial charge in [0.2, 0.25) is 0 Å². The monoisotopic (exact) mass is 342 g/mol. The first kappa shape index (κ1) is 16.2. The lowest BCUT2D eigenvalue weighted by Gasteiger charge is -2.38. The van der Waals surface area contributed by atoms with E-state index in [2.05, 4.69) is 45.6 Å². The quantitative estimate of drug-likeness (QED) is 0.760. The van der Waals surface area contributed by atoms with Crippen LogP contribution in [0.4, 0.5) is 0 Å². The van der Waals surface area contributed by atoms with Gasteiger partial charge in [0.1, 0.15) is 5.01 Å². The highest BCUT2D eigenvalue weighted by Crippen LogP contribution is 2.32. The minimum absolute atomic E-state index is 0.415. The number of hydrogen-bond donors (Lipinski definition) is 0. The lowest BCUT2D eigenvalue weighted by molar-refractivity contribution is -0.0390. The van der Waals surface area contributed by atoms with Gasteiger partial charge in [-0.25, -0.2) is 4.98 Å². The number of piperidine rings is 1. The average molecular weight is 343 g/mol. The number of benzene rings is 1. The largest absolute Gasteiger partial charge is 0.378 e. The Labute approximate surface area is 148 Å². The Kier molecular flexibility index (Phi) is 5.26. The summed E-state index contributed by atoms with van der Waals surface area (Å²) in [5.74, 6) is 1.43. The van der Waals surface area contributed by atoms with Crippen molar-refractivity contribution >= 4 is 11.3 Å². The normalized spacial score (nSPS) is 25.0. The van der Waals surface area contributed by atoms with E-state index in [1.807, 2.05) is 6.20 Å². The highest BCUT2D eigenvalue weighted by molar-refractivity contribution is 7.09. The molecule has 1 saturated heterocycles. The Bertz CT molecular complexity index is 612. The van der Waals surface area contributed by atoms with Gasteiger partial charge >= 0.3 is 0 Å². The molecule has 2 aliphatic rings. The molecule has 1 aromatic heterocycles. The van der Waals surface area contributed by atoms with Crippen LogP contribution in [0.2, 0.25) is 0 Å². The van der Waals surface area contributed by atoms with E-state index >= 15 is 0 Å². The van der Waals surface area contributed by atoms with Crippen LogP contribution in [0.15, 0.2) is 41.9 Å². The van der Waals surface area contributed by atoms with Crippen LogP contribution in [0, 0.1) is 11.8 Å². The second-order valence-electron chi connectivity index (χ2n) is 7.21. The highest BCUT2D eigenvalue weighted by Gasteiger charge is 2.32. The van der Waals surface area contributed by atoms with E-state index in [9.17, 15) is 0 Å². The van der Waals surface area contributed by atoms with Gasteiger partial charge in [0.25, 0.3) is 0 Å². The van der Waals surface area contributed by atoms with E-state index in [0.717, 1.165) is 45.0 Å². The van der Waals surface area contributed by atoms with E-state index in [4.69, 9.17) is 4.74 Å². The van der Waals surface area contributed by atoms with Crippen LogP contribution in [0.5, 0.6) is 0 Å². The van der Waals surface area contributed by atoms with Gasteiger partial charge in [-0.05, 0) is 37.2 Å². The third-order valence-corrected chi connectivity index (χ3v) is 5.94. The van der Waals surface area contributed by atoms with Crippen LogP contribution in [0.25, 0.3) is 0 Å². The second kappa shape index (κ2) is 7.77. The molecule has 2 aromatic rings. The summed E-state index contributed by atoms with van der Waals surface area (Å²) in [5.41, 5.74) is 1.43. The summed E-state index contributed by atoms with van der Waals surface area (Å²) in [6, 6.07) is 10.9. The zero-order valence-electron chi connectivity index (χ0n) is 14.1. The lowest BCUT2D eigenvalue weighted by Crippen LogP contribution is -2.45. The van der Waals surface area contributed by atoms with E-state index < -0.39 is 0 Å².